The van der Waals surface area contributed by atoms with E-state index in [1.54, 1.807) is 97.2 Å². The number of nitrogens with two attached hydrogens (primary N) is 3. The van der Waals surface area contributed by atoms with E-state index in [4.69, 9.17) is 43.3 Å². The van der Waals surface area contributed by atoms with Gasteiger partial charge in [-0.1, -0.05) is 145 Å². The average Bonchev–Trinajstić information content (AvgIpc) is 0.816. The fourth-order valence-corrected chi connectivity index (χ4v) is 13.8. The lowest BCUT2D eigenvalue weighted by Gasteiger charge is -2.60. The molecule has 17 rings (SSSR count). The molecule has 2 unspecified atom stereocenters. The monoisotopic (exact) mass is 1610 g/mol. The number of carbonyl (C=O) groups is 5. The highest BCUT2D eigenvalue weighted by Crippen LogP contribution is 2.35. The first kappa shape index (κ1) is 84.0. The van der Waals surface area contributed by atoms with E-state index in [-0.39, 0.29) is 54.1 Å². The minimum Gasteiger partial charge on any atom is -1.00 e. The Morgan fingerprint density at radius 3 is 1.86 bits per heavy atom. The number of carboxylic acid groups (broad SMARTS) is 1. The maximum absolute atomic E-state index is 12.1. The second kappa shape index (κ2) is 41.2. The van der Waals surface area contributed by atoms with E-state index < -0.39 is 30.0 Å². The van der Waals surface area contributed by atoms with Gasteiger partial charge in [-0.2, -0.15) is 5.10 Å². The number of anilines is 1. The summed E-state index contributed by atoms with van der Waals surface area (Å²) < 4.78 is 11.1. The van der Waals surface area contributed by atoms with Gasteiger partial charge in [0.1, 0.15) is 32.6 Å². The summed E-state index contributed by atoms with van der Waals surface area (Å²) >= 11 is 5.83. The van der Waals surface area contributed by atoms with E-state index in [0.717, 1.165) is 99.3 Å². The Morgan fingerprint density at radius 1 is 0.673 bits per heavy atom. The number of ether oxygens (including phenoxy) is 2. The predicted molar refractivity (Wildman–Crippen MR) is 435 cm³/mol. The van der Waals surface area contributed by atoms with Crippen LogP contribution in [0.5, 0.6) is 0 Å². The Morgan fingerprint density at radius 2 is 1.25 bits per heavy atom. The van der Waals surface area contributed by atoms with Crippen molar-refractivity contribution in [2.45, 2.75) is 58.2 Å². The number of hydrogen-bond donors (Lipinski definition) is 5. The van der Waals surface area contributed by atoms with Gasteiger partial charge in [0.05, 0.1) is 67.8 Å². The van der Waals surface area contributed by atoms with Crippen molar-refractivity contribution in [3.05, 3.63) is 287 Å². The molecule has 11 aromatic rings. The molecule has 6 fully saturated rings. The number of amides is 2. The van der Waals surface area contributed by atoms with E-state index in [1.165, 1.54) is 36.6 Å². The predicted octanol–water partition coefficient (Wildman–Crippen LogP) is 8.04. The van der Waals surface area contributed by atoms with E-state index in [9.17, 15) is 34.2 Å². The Balaban J connectivity index is 0.000000144. The number of fused-ring (bicyclic) bond motifs is 3. The molecule has 0 spiro atoms. The molecule has 1 saturated carbocycles. The van der Waals surface area contributed by atoms with E-state index in [2.05, 4.69) is 82.1 Å². The number of carboxylic acids is 1. The number of aliphatic hydroxyl groups excluding tert-OH is 1. The Hall–Kier alpha value is -11.4. The number of aliphatic hydroxyl groups is 1. The van der Waals surface area contributed by atoms with Crippen LogP contribution in [0.25, 0.3) is 44.4 Å². The number of morpholine rings is 1. The van der Waals surface area contributed by atoms with Gasteiger partial charge in [0, 0.05) is 114 Å². The number of hydrogen-bond acceptors (Lipinski definition) is 19. The van der Waals surface area contributed by atoms with Crippen molar-refractivity contribution in [3.8, 4) is 0 Å². The zero-order valence-corrected chi connectivity index (χ0v) is 65.5. The highest BCUT2D eigenvalue weighted by Gasteiger charge is 2.48. The van der Waals surface area contributed by atoms with Gasteiger partial charge < -0.3 is 58.8 Å². The molecule has 113 heavy (non-hydrogen) atoms. The fraction of sp³-hybridized carbons (Fsp3) is 0.256. The number of carbonyl (C=O) groups excluding carboxylic acids is 4. The van der Waals surface area contributed by atoms with Crippen LogP contribution in [-0.2, 0) is 36.8 Å². The maximum atomic E-state index is 12.1. The van der Waals surface area contributed by atoms with Gasteiger partial charge >= 0.3 is 11.9 Å². The number of aromatic nitrogens is 5. The molecule has 0 radical (unpaired) electrons. The molecule has 9 heterocycles. The summed E-state index contributed by atoms with van der Waals surface area (Å²) in [7, 11) is 1.76. The number of halogens is 2. The van der Waals surface area contributed by atoms with Crippen molar-refractivity contribution in [3.63, 3.8) is 0 Å². The molecule has 584 valence electrons. The molecule has 5 aliphatic heterocycles. The number of benzene rings is 7. The Bertz CT molecular complexity index is 5060. The van der Waals surface area contributed by atoms with Gasteiger partial charge in [0.2, 0.25) is 11.9 Å². The lowest BCUT2D eigenvalue weighted by molar-refractivity contribution is -0.991. The molecule has 5 saturated heterocycles. The van der Waals surface area contributed by atoms with Gasteiger partial charge in [-0.3, -0.25) is 48.5 Å². The summed E-state index contributed by atoms with van der Waals surface area (Å²) in [4.78, 5) is 91.0. The third-order valence-corrected chi connectivity index (χ3v) is 19.3. The molecule has 1 aliphatic carbocycles. The largest absolute Gasteiger partial charge is 1.00 e. The quantitative estimate of drug-likeness (QED) is 0.00972. The second-order valence-electron chi connectivity index (χ2n) is 27.6. The first-order valence-electron chi connectivity index (χ1n) is 36.9. The molecular formula is C86H92BrClN16O9. The van der Waals surface area contributed by atoms with E-state index in [1.807, 2.05) is 140 Å². The van der Waals surface area contributed by atoms with Crippen molar-refractivity contribution in [2.24, 2.45) is 33.3 Å². The zero-order chi connectivity index (χ0) is 78.9. The molecule has 2 atom stereocenters. The van der Waals surface area contributed by atoms with Crippen LogP contribution in [0.1, 0.15) is 80.5 Å². The Labute approximate surface area is 672 Å². The number of ketones is 1. The van der Waals surface area contributed by atoms with Crippen LogP contribution in [0.2, 0.25) is 5.02 Å². The third kappa shape index (κ3) is 24.0. The fourth-order valence-electron chi connectivity index (χ4n) is 13.7. The van der Waals surface area contributed by atoms with Gasteiger partial charge in [-0.15, -0.1) is 5.10 Å². The summed E-state index contributed by atoms with van der Waals surface area (Å²) in [6, 6.07) is 64.3. The zero-order valence-electron chi connectivity index (χ0n) is 63.2. The lowest BCUT2D eigenvalue weighted by atomic mass is 9.96. The number of aryl methyl sites for hydroxylation is 1. The van der Waals surface area contributed by atoms with Gasteiger partial charge in [-0.05, 0) is 133 Å². The first-order chi connectivity index (χ1) is 54.3. The molecular weight excluding hydrogens is 1520 g/mol. The van der Waals surface area contributed by atoms with Crippen LogP contribution in [0.15, 0.2) is 247 Å². The van der Waals surface area contributed by atoms with Crippen LogP contribution in [0.3, 0.4) is 0 Å². The molecule has 4 bridgehead atoms. The minimum absolute atomic E-state index is 0. The summed E-state index contributed by atoms with van der Waals surface area (Å²) in [6.07, 6.45) is 11.2. The summed E-state index contributed by atoms with van der Waals surface area (Å²) in [6.45, 7) is 14.3. The third-order valence-electron chi connectivity index (χ3n) is 19.0. The van der Waals surface area contributed by atoms with Crippen molar-refractivity contribution >= 4 is 103 Å². The molecule has 2 amide bonds. The number of Topliss-reactive ketones (excluding diaryl/α,β-unsaturated/α-hetero) is 1. The van der Waals surface area contributed by atoms with Gasteiger partial charge in [0.25, 0.3) is 5.91 Å². The molecule has 27 heteroatoms. The Kier molecular flexibility index (Phi) is 30.6. The lowest BCUT2D eigenvalue weighted by Crippen LogP contribution is -3.00. The number of primary amides is 1. The number of pyridine rings is 3. The van der Waals surface area contributed by atoms with Crippen molar-refractivity contribution in [1.29, 1.82) is 0 Å². The second-order valence-corrected chi connectivity index (χ2v) is 28.0. The number of guanidine groups is 1. The molecule has 4 aromatic heterocycles. The van der Waals surface area contributed by atoms with Crippen molar-refractivity contribution in [2.75, 3.05) is 84.9 Å². The number of aliphatic carboxylic acids is 1. The van der Waals surface area contributed by atoms with Gasteiger partial charge in [-0.25, -0.2) is 24.5 Å². The van der Waals surface area contributed by atoms with E-state index in [0.29, 0.717) is 59.6 Å². The topological polar surface area (TPSA) is 328 Å². The highest BCUT2D eigenvalue weighted by molar-refractivity contribution is 6.30. The van der Waals surface area contributed by atoms with Crippen LogP contribution >= 0.6 is 11.6 Å². The molecule has 7 aromatic carbocycles. The van der Waals surface area contributed by atoms with Crippen molar-refractivity contribution in [1.82, 2.24) is 44.5 Å². The van der Waals surface area contributed by atoms with E-state index >= 15 is 0 Å². The van der Waals surface area contributed by atoms with Crippen LogP contribution < -0.4 is 39.1 Å². The maximum Gasteiger partial charge on any atom is 0.335 e. The van der Waals surface area contributed by atoms with Crippen LogP contribution in [0.4, 0.5) is 5.69 Å². The average molecular weight is 1610 g/mol. The number of nitrogens with zero attached hydrogens (tertiary/aromatic N) is 13. The van der Waals surface area contributed by atoms with Crippen LogP contribution in [0, 0.1) is 12.8 Å². The summed E-state index contributed by atoms with van der Waals surface area (Å²) in [5, 5.41) is 30.8. The highest BCUT2D eigenvalue weighted by atomic mass is 79.9. The smallest absolute Gasteiger partial charge is 0.335 e. The van der Waals surface area contributed by atoms with Crippen molar-refractivity contribution < 1.29 is 65.1 Å². The summed E-state index contributed by atoms with van der Waals surface area (Å²) in [5.41, 5.74) is 28.2. The molecule has 8 N–H and O–H groups in total. The molecule has 6 aliphatic rings. The van der Waals surface area contributed by atoms with Gasteiger partial charge in [0.15, 0.2) is 11.9 Å². The SMILES string of the molecule is CCOC(=O)C(O)Cc1cnc2ccccc2n1.CN(C(=O)c1ccncc1)c1ccccc1.Cc1nc2ccccc2cc1C[N+]12CN3CN(CN(C3)C1)C2.NC(=O)/C(=C\c1ccncc1)c1cccc2ccccc12.NC(N)=N/N=C(\c1ccc(Cl)cc1)C1CC1.O=C(CC(C(=O)O)N1CCOCC1)c1ccccc1.[Br-]. The van der Waals surface area contributed by atoms with Crippen LogP contribution in [-0.4, -0.2) is 193 Å². The molecule has 25 nitrogen and oxygen atoms in total. The first-order valence-corrected chi connectivity index (χ1v) is 37.3. The normalized spacial score (nSPS) is 17.8. The number of rotatable bonds is 19. The number of para-hydroxylation sites is 4. The minimum atomic E-state index is -1.19. The number of esters is 1. The standard InChI is InChI=1S/C18H14N2O.C17H22N5.C14H17NO4.C13H14N2O3.C13H12N2O.C11H13ClN4.BrH/c19-18(21)17(12-13-8-10-20-11-9-13)16-7-3-5-14-4-1-2-6-15(14)16;1-14-16(6-15-4-2-3-5-17(15)18-14)7-22-11-19-8-20(12-22)10-21(9-19)13-22;16-13(11-4-2-1-3-5-11)10-12(14(17)18)15-6-8-19-9-7-15;1-2-18-13(17)12(16)7-9-8-14-10-5-3-4-6-11(10)15-9;1-15(12-5-3-2-4-6-12)13(16)11-7-9-14-10-8-11;12-9-5-3-8(4-6-9)10(7-1-2-7)15-16-11(13)14;/h1-12H,(H2,19,21);2-6H,7-13H2,1H3;1-5,12H,6-10H2,(H,17,18);3-6,8,12,16H,2,7H2,1H3;2-10H,1H3;3-7H,1-2H2,(H4,13,14,16);1H/q;+1;;;;;/p-1/b17-12-;;;;;15-10-;. The summed E-state index contributed by atoms with van der Waals surface area (Å²) in [5.74, 6) is -1.74. The number of quaternary nitrogens is 1.